The fourth-order valence-electron chi connectivity index (χ4n) is 9.47. The summed E-state index contributed by atoms with van der Waals surface area (Å²) < 4.78 is 4.78. The molecule has 0 saturated heterocycles. The zero-order valence-electron chi connectivity index (χ0n) is 33.6. The monoisotopic (exact) mass is 781 g/mol. The molecule has 11 aromatic rings. The van der Waals surface area contributed by atoms with Gasteiger partial charge in [-0.1, -0.05) is 158 Å². The Hall–Kier alpha value is -7.89. The van der Waals surface area contributed by atoms with Gasteiger partial charge >= 0.3 is 0 Å². The largest absolute Gasteiger partial charge is 0.307 e. The van der Waals surface area contributed by atoms with Crippen LogP contribution in [-0.4, -0.2) is 24.1 Å². The summed E-state index contributed by atoms with van der Waals surface area (Å²) in [6.07, 6.45) is 9.91. The van der Waals surface area contributed by atoms with Crippen LogP contribution >= 0.6 is 0 Å². The average Bonchev–Trinajstić information content (AvgIpc) is 3.85. The number of benzene rings is 8. The van der Waals surface area contributed by atoms with E-state index in [4.69, 9.17) is 15.0 Å². The summed E-state index contributed by atoms with van der Waals surface area (Å²) in [5.74, 6) is 2.13. The molecule has 1 atom stereocenters. The van der Waals surface area contributed by atoms with E-state index >= 15 is 0 Å². The van der Waals surface area contributed by atoms with Crippen molar-refractivity contribution in [2.24, 2.45) is 0 Å². The molecule has 0 saturated carbocycles. The van der Waals surface area contributed by atoms with Crippen molar-refractivity contribution in [2.75, 3.05) is 0 Å². The van der Waals surface area contributed by atoms with Crippen molar-refractivity contribution in [3.63, 3.8) is 0 Å². The molecule has 0 spiro atoms. The molecule has 5 nitrogen and oxygen atoms in total. The van der Waals surface area contributed by atoms with Crippen LogP contribution in [0, 0.1) is 6.92 Å². The standard InChI is InChI=1S/C56H39N5/c1-36-32-47-46-34-43(37-16-6-2-7-17-37)27-30-49(46)61(56-58-54(40-21-10-4-11-22-40)57-55(59-56)41-23-12-5-13-24-41)52(47)53-51(36)48-35-44(38-18-8-3-9-19-38)28-31-50(48)60(53)45-29-26-39-20-14-15-25-42(39)33-45/h2-18,20-35,38H,19H2,1H3. The highest BCUT2D eigenvalue weighted by Gasteiger charge is 2.26. The Morgan fingerprint density at radius 2 is 1.13 bits per heavy atom. The molecule has 8 aromatic carbocycles. The second kappa shape index (κ2) is 14.1. The quantitative estimate of drug-likeness (QED) is 0.169. The molecule has 0 radical (unpaired) electrons. The van der Waals surface area contributed by atoms with Crippen molar-refractivity contribution < 1.29 is 0 Å². The van der Waals surface area contributed by atoms with Gasteiger partial charge in [0, 0.05) is 44.3 Å². The van der Waals surface area contributed by atoms with E-state index in [9.17, 15) is 0 Å². The predicted octanol–water partition coefficient (Wildman–Crippen LogP) is 14.1. The second-order valence-electron chi connectivity index (χ2n) is 16.1. The molecule has 1 aliphatic rings. The fourth-order valence-corrected chi connectivity index (χ4v) is 9.47. The highest BCUT2D eigenvalue weighted by Crippen LogP contribution is 2.45. The molecular weight excluding hydrogens is 743 g/mol. The van der Waals surface area contributed by atoms with E-state index in [0.29, 0.717) is 23.5 Å². The van der Waals surface area contributed by atoms with E-state index in [0.717, 1.165) is 61.6 Å². The van der Waals surface area contributed by atoms with Crippen molar-refractivity contribution in [1.82, 2.24) is 24.1 Å². The first-order valence-electron chi connectivity index (χ1n) is 21.0. The normalized spacial score (nSPS) is 14.0. The van der Waals surface area contributed by atoms with Gasteiger partial charge in [-0.15, -0.1) is 0 Å². The van der Waals surface area contributed by atoms with Crippen LogP contribution in [0.15, 0.2) is 200 Å². The van der Waals surface area contributed by atoms with E-state index in [-0.39, 0.29) is 0 Å². The van der Waals surface area contributed by atoms with Gasteiger partial charge < -0.3 is 4.57 Å². The number of aromatic nitrogens is 5. The molecule has 5 heteroatoms. The summed E-state index contributed by atoms with van der Waals surface area (Å²) in [4.78, 5) is 15.8. The molecule has 3 aromatic heterocycles. The van der Waals surface area contributed by atoms with Crippen LogP contribution in [0.1, 0.15) is 23.5 Å². The van der Waals surface area contributed by atoms with Gasteiger partial charge in [0.1, 0.15) is 0 Å². The van der Waals surface area contributed by atoms with Crippen LogP contribution in [0.2, 0.25) is 0 Å². The van der Waals surface area contributed by atoms with Gasteiger partial charge in [0.2, 0.25) is 5.95 Å². The van der Waals surface area contributed by atoms with Crippen molar-refractivity contribution in [1.29, 1.82) is 0 Å². The Morgan fingerprint density at radius 3 is 1.84 bits per heavy atom. The van der Waals surface area contributed by atoms with Gasteiger partial charge in [-0.2, -0.15) is 9.97 Å². The Labute approximate surface area is 353 Å². The SMILES string of the molecule is Cc1cc2c3cc(-c4ccccc4)ccc3n(-c3nc(-c4ccccc4)nc(-c4ccccc4)n3)c2c2c1c1cc(C3C=CC=CC3)ccc1n2-c1ccc2ccccc2c1. The minimum Gasteiger partial charge on any atom is -0.307 e. The van der Waals surface area contributed by atoms with E-state index in [1.165, 1.54) is 38.2 Å². The lowest BCUT2D eigenvalue weighted by molar-refractivity contribution is 0.855. The highest BCUT2D eigenvalue weighted by atomic mass is 15.2. The number of hydrogen-bond acceptors (Lipinski definition) is 3. The van der Waals surface area contributed by atoms with E-state index in [2.05, 4.69) is 180 Å². The number of nitrogens with zero attached hydrogens (tertiary/aromatic N) is 5. The maximum absolute atomic E-state index is 5.37. The van der Waals surface area contributed by atoms with Crippen LogP contribution in [0.4, 0.5) is 0 Å². The summed E-state index contributed by atoms with van der Waals surface area (Å²) >= 11 is 0. The van der Waals surface area contributed by atoms with Gasteiger partial charge in [-0.05, 0) is 88.8 Å². The van der Waals surface area contributed by atoms with E-state index < -0.39 is 0 Å². The first-order chi connectivity index (χ1) is 30.2. The molecule has 1 aliphatic carbocycles. The van der Waals surface area contributed by atoms with Crippen molar-refractivity contribution in [2.45, 2.75) is 19.3 Å². The fraction of sp³-hybridized carbons (Fsp3) is 0.0536. The summed E-state index contributed by atoms with van der Waals surface area (Å²) in [7, 11) is 0. The molecule has 288 valence electrons. The lowest BCUT2D eigenvalue weighted by Crippen LogP contribution is -2.07. The first-order valence-corrected chi connectivity index (χ1v) is 21.0. The Balaban J connectivity index is 1.26. The van der Waals surface area contributed by atoms with E-state index in [1.807, 2.05) is 36.4 Å². The van der Waals surface area contributed by atoms with Gasteiger partial charge in [0.25, 0.3) is 0 Å². The maximum atomic E-state index is 5.37. The zero-order valence-corrected chi connectivity index (χ0v) is 33.6. The van der Waals surface area contributed by atoms with E-state index in [1.54, 1.807) is 0 Å². The van der Waals surface area contributed by atoms with Crippen LogP contribution in [0.3, 0.4) is 0 Å². The molecule has 12 rings (SSSR count). The summed E-state index contributed by atoms with van der Waals surface area (Å²) in [6, 6.07) is 62.9. The summed E-state index contributed by atoms with van der Waals surface area (Å²) in [5.41, 5.74) is 12.2. The number of fused-ring (bicyclic) bond motifs is 8. The predicted molar refractivity (Wildman–Crippen MR) is 253 cm³/mol. The summed E-state index contributed by atoms with van der Waals surface area (Å²) in [6.45, 7) is 2.27. The number of rotatable bonds is 6. The second-order valence-corrected chi connectivity index (χ2v) is 16.1. The summed E-state index contributed by atoms with van der Waals surface area (Å²) in [5, 5.41) is 7.14. The highest BCUT2D eigenvalue weighted by molar-refractivity contribution is 6.25. The lowest BCUT2D eigenvalue weighted by atomic mass is 9.91. The van der Waals surface area contributed by atoms with Crippen LogP contribution in [0.25, 0.3) is 99.9 Å². The zero-order chi connectivity index (χ0) is 40.4. The van der Waals surface area contributed by atoms with Gasteiger partial charge in [0.05, 0.1) is 22.1 Å². The minimum absolute atomic E-state index is 0.318. The average molecular weight is 782 g/mol. The van der Waals surface area contributed by atoms with Crippen molar-refractivity contribution in [3.8, 4) is 45.5 Å². The molecule has 61 heavy (non-hydrogen) atoms. The molecule has 0 fully saturated rings. The smallest absolute Gasteiger partial charge is 0.238 e. The Bertz CT molecular complexity index is 3500. The maximum Gasteiger partial charge on any atom is 0.238 e. The number of aryl methyl sites for hydroxylation is 1. The van der Waals surface area contributed by atoms with Crippen LogP contribution in [0.5, 0.6) is 0 Å². The van der Waals surface area contributed by atoms with Gasteiger partial charge in [-0.25, -0.2) is 4.98 Å². The van der Waals surface area contributed by atoms with Crippen LogP contribution < -0.4 is 0 Å². The topological polar surface area (TPSA) is 48.5 Å². The third-order valence-electron chi connectivity index (χ3n) is 12.4. The number of allylic oxidation sites excluding steroid dienone is 4. The van der Waals surface area contributed by atoms with Gasteiger partial charge in [0.15, 0.2) is 11.6 Å². The molecule has 1 unspecified atom stereocenters. The lowest BCUT2D eigenvalue weighted by Gasteiger charge is -2.15. The molecule has 0 aliphatic heterocycles. The molecule has 0 N–H and O–H groups in total. The first kappa shape index (κ1) is 35.1. The Morgan fingerprint density at radius 1 is 0.475 bits per heavy atom. The number of hydrogen-bond donors (Lipinski definition) is 0. The van der Waals surface area contributed by atoms with Crippen LogP contribution in [-0.2, 0) is 0 Å². The Kier molecular flexibility index (Phi) is 8.13. The third kappa shape index (κ3) is 5.81. The molecule has 0 bridgehead atoms. The minimum atomic E-state index is 0.318. The molecular formula is C56H39N5. The van der Waals surface area contributed by atoms with Gasteiger partial charge in [-0.3, -0.25) is 4.57 Å². The van der Waals surface area contributed by atoms with Crippen molar-refractivity contribution in [3.05, 3.63) is 211 Å². The molecule has 0 amide bonds. The third-order valence-corrected chi connectivity index (χ3v) is 12.4. The van der Waals surface area contributed by atoms with Crippen molar-refractivity contribution >= 4 is 54.4 Å². The molecule has 3 heterocycles.